The molecule has 3 amide bonds. The summed E-state index contributed by atoms with van der Waals surface area (Å²) in [5, 5.41) is 5.22. The summed E-state index contributed by atoms with van der Waals surface area (Å²) in [7, 11) is 0. The van der Waals surface area contributed by atoms with Crippen LogP contribution in [0.2, 0.25) is 0 Å². The molecule has 6 nitrogen and oxygen atoms in total. The number of nitrogens with zero attached hydrogens (tertiary/aromatic N) is 1. The minimum Gasteiger partial charge on any atom is -0.378 e. The molecule has 2 fully saturated rings. The standard InChI is InChI=1S/C17H22FN3O3/c18-14-6-5-12(21-9-1-4-16(21)22)11-15(14)20-17(23)19-8-7-13-3-2-10-24-13/h5-6,11,13H,1-4,7-10H2,(H2,19,20,23)/t13-/m0/s1. The lowest BCUT2D eigenvalue weighted by atomic mass is 10.2. The average Bonchev–Trinajstić information content (AvgIpc) is 3.21. The molecule has 0 aromatic heterocycles. The van der Waals surface area contributed by atoms with Gasteiger partial charge in [-0.1, -0.05) is 0 Å². The molecule has 2 N–H and O–H groups in total. The Hall–Kier alpha value is -2.15. The number of hydrogen-bond acceptors (Lipinski definition) is 3. The predicted octanol–water partition coefficient (Wildman–Crippen LogP) is 2.64. The molecule has 2 aliphatic rings. The molecule has 130 valence electrons. The van der Waals surface area contributed by atoms with E-state index in [-0.39, 0.29) is 17.7 Å². The minimum absolute atomic E-state index is 0.0218. The van der Waals surface area contributed by atoms with Crippen LogP contribution in [0.5, 0.6) is 0 Å². The molecule has 7 heteroatoms. The van der Waals surface area contributed by atoms with E-state index < -0.39 is 11.8 Å². The number of amides is 3. The first-order chi connectivity index (χ1) is 11.6. The van der Waals surface area contributed by atoms with Crippen molar-refractivity contribution < 1.29 is 18.7 Å². The van der Waals surface area contributed by atoms with Crippen LogP contribution in [0.25, 0.3) is 0 Å². The van der Waals surface area contributed by atoms with Crippen molar-refractivity contribution in [2.24, 2.45) is 0 Å². The van der Waals surface area contributed by atoms with Crippen molar-refractivity contribution in [1.82, 2.24) is 5.32 Å². The number of benzene rings is 1. The van der Waals surface area contributed by atoms with Crippen LogP contribution in [0.3, 0.4) is 0 Å². The van der Waals surface area contributed by atoms with Gasteiger partial charge in [0.2, 0.25) is 5.91 Å². The Morgan fingerprint density at radius 1 is 1.38 bits per heavy atom. The summed E-state index contributed by atoms with van der Waals surface area (Å²) in [5.74, 6) is -0.506. The van der Waals surface area contributed by atoms with Gasteiger partial charge in [0.25, 0.3) is 0 Å². The zero-order valence-electron chi connectivity index (χ0n) is 13.5. The fourth-order valence-electron chi connectivity index (χ4n) is 3.08. The summed E-state index contributed by atoms with van der Waals surface area (Å²) < 4.78 is 19.4. The first-order valence-electron chi connectivity index (χ1n) is 8.40. The van der Waals surface area contributed by atoms with E-state index in [1.54, 1.807) is 11.0 Å². The molecule has 0 spiro atoms. The summed E-state index contributed by atoms with van der Waals surface area (Å²) in [6.07, 6.45) is 4.32. The van der Waals surface area contributed by atoms with Crippen molar-refractivity contribution >= 4 is 23.3 Å². The maximum Gasteiger partial charge on any atom is 0.319 e. The largest absolute Gasteiger partial charge is 0.378 e. The molecule has 0 saturated carbocycles. The van der Waals surface area contributed by atoms with Crippen molar-refractivity contribution in [1.29, 1.82) is 0 Å². The second-order valence-corrected chi connectivity index (χ2v) is 6.12. The Balaban J connectivity index is 1.55. The third-order valence-electron chi connectivity index (χ3n) is 4.36. The topological polar surface area (TPSA) is 70.7 Å². The SMILES string of the molecule is O=C(NCC[C@@H]1CCCO1)Nc1cc(N2CCCC2=O)ccc1F. The molecule has 1 atom stereocenters. The normalized spacial score (nSPS) is 20.5. The van der Waals surface area contributed by atoms with E-state index in [0.717, 1.165) is 32.3 Å². The number of anilines is 2. The van der Waals surface area contributed by atoms with E-state index in [9.17, 15) is 14.0 Å². The van der Waals surface area contributed by atoms with E-state index in [0.29, 0.717) is 25.2 Å². The molecule has 0 aliphatic carbocycles. The molecule has 0 radical (unpaired) electrons. The highest BCUT2D eigenvalue weighted by Crippen LogP contribution is 2.26. The van der Waals surface area contributed by atoms with Crippen LogP contribution >= 0.6 is 0 Å². The van der Waals surface area contributed by atoms with Crippen molar-refractivity contribution in [3.05, 3.63) is 24.0 Å². The molecule has 1 aromatic carbocycles. The number of urea groups is 1. The number of carbonyl (C=O) groups is 2. The van der Waals surface area contributed by atoms with Crippen molar-refractivity contribution in [2.45, 2.75) is 38.2 Å². The summed E-state index contributed by atoms with van der Waals surface area (Å²) in [6, 6.07) is 3.86. The van der Waals surface area contributed by atoms with E-state index in [4.69, 9.17) is 4.74 Å². The molecule has 2 heterocycles. The lowest BCUT2D eigenvalue weighted by molar-refractivity contribution is -0.117. The summed E-state index contributed by atoms with van der Waals surface area (Å²) in [6.45, 7) is 1.88. The quantitative estimate of drug-likeness (QED) is 0.869. The first-order valence-corrected chi connectivity index (χ1v) is 8.40. The van der Waals surface area contributed by atoms with Crippen LogP contribution in [0.1, 0.15) is 32.1 Å². The highest BCUT2D eigenvalue weighted by atomic mass is 19.1. The van der Waals surface area contributed by atoms with Gasteiger partial charge in [0.05, 0.1) is 11.8 Å². The number of ether oxygens (including phenoxy) is 1. The zero-order valence-corrected chi connectivity index (χ0v) is 13.5. The van der Waals surface area contributed by atoms with Crippen LogP contribution < -0.4 is 15.5 Å². The van der Waals surface area contributed by atoms with Gasteiger partial charge in [0.1, 0.15) is 5.82 Å². The third-order valence-corrected chi connectivity index (χ3v) is 4.36. The van der Waals surface area contributed by atoms with E-state index in [2.05, 4.69) is 10.6 Å². The summed E-state index contributed by atoms with van der Waals surface area (Å²) in [5.41, 5.74) is 0.676. The number of halogens is 1. The predicted molar refractivity (Wildman–Crippen MR) is 88.6 cm³/mol. The third kappa shape index (κ3) is 4.03. The Morgan fingerprint density at radius 2 is 2.25 bits per heavy atom. The molecule has 0 unspecified atom stereocenters. The van der Waals surface area contributed by atoms with Crippen molar-refractivity contribution in [3.63, 3.8) is 0 Å². The number of nitrogens with one attached hydrogen (secondary N) is 2. The Labute approximate surface area is 140 Å². The smallest absolute Gasteiger partial charge is 0.319 e. The number of carbonyl (C=O) groups excluding carboxylic acids is 2. The Bertz CT molecular complexity index is 617. The van der Waals surface area contributed by atoms with Gasteiger partial charge in [0.15, 0.2) is 0 Å². The maximum absolute atomic E-state index is 13.9. The van der Waals surface area contributed by atoms with Gasteiger partial charge >= 0.3 is 6.03 Å². The minimum atomic E-state index is -0.528. The molecule has 24 heavy (non-hydrogen) atoms. The fraction of sp³-hybridized carbons (Fsp3) is 0.529. The van der Waals surface area contributed by atoms with E-state index >= 15 is 0 Å². The van der Waals surface area contributed by atoms with Gasteiger partial charge in [-0.2, -0.15) is 0 Å². The monoisotopic (exact) mass is 335 g/mol. The summed E-state index contributed by atoms with van der Waals surface area (Å²) in [4.78, 5) is 25.3. The van der Waals surface area contributed by atoms with Crippen LogP contribution in [0, 0.1) is 5.82 Å². The molecule has 2 saturated heterocycles. The molecular weight excluding hydrogens is 313 g/mol. The van der Waals surface area contributed by atoms with Crippen LogP contribution in [0.4, 0.5) is 20.6 Å². The molecule has 0 bridgehead atoms. The van der Waals surface area contributed by atoms with Crippen LogP contribution in [-0.2, 0) is 9.53 Å². The Morgan fingerprint density at radius 3 is 2.96 bits per heavy atom. The van der Waals surface area contributed by atoms with Gasteiger partial charge in [-0.05, 0) is 43.9 Å². The lowest BCUT2D eigenvalue weighted by Gasteiger charge is -2.17. The summed E-state index contributed by atoms with van der Waals surface area (Å²) >= 11 is 0. The van der Waals surface area contributed by atoms with Gasteiger partial charge in [-0.15, -0.1) is 0 Å². The molecular formula is C17H22FN3O3. The first kappa shape index (κ1) is 16.7. The van der Waals surface area contributed by atoms with Gasteiger partial charge in [-0.3, -0.25) is 4.79 Å². The number of hydrogen-bond donors (Lipinski definition) is 2. The lowest BCUT2D eigenvalue weighted by Crippen LogP contribution is -2.31. The van der Waals surface area contributed by atoms with Crippen molar-refractivity contribution in [2.75, 3.05) is 29.9 Å². The molecule has 2 aliphatic heterocycles. The van der Waals surface area contributed by atoms with E-state index in [1.165, 1.54) is 12.1 Å². The highest BCUT2D eigenvalue weighted by molar-refractivity contribution is 5.96. The maximum atomic E-state index is 13.9. The molecule has 1 aromatic rings. The van der Waals surface area contributed by atoms with Crippen molar-refractivity contribution in [3.8, 4) is 0 Å². The molecule has 3 rings (SSSR count). The van der Waals surface area contributed by atoms with Gasteiger partial charge in [-0.25, -0.2) is 9.18 Å². The zero-order chi connectivity index (χ0) is 16.9. The van der Waals surface area contributed by atoms with E-state index in [1.807, 2.05) is 0 Å². The number of rotatable bonds is 5. The second kappa shape index (κ2) is 7.61. The average molecular weight is 335 g/mol. The van der Waals surface area contributed by atoms with Gasteiger partial charge in [0, 0.05) is 31.8 Å². The Kier molecular flexibility index (Phi) is 5.30. The highest BCUT2D eigenvalue weighted by Gasteiger charge is 2.22. The van der Waals surface area contributed by atoms with Gasteiger partial charge < -0.3 is 20.3 Å². The second-order valence-electron chi connectivity index (χ2n) is 6.12. The van der Waals surface area contributed by atoms with Crippen LogP contribution in [0.15, 0.2) is 18.2 Å². The fourth-order valence-corrected chi connectivity index (χ4v) is 3.08. The van der Waals surface area contributed by atoms with Crippen LogP contribution in [-0.4, -0.2) is 37.7 Å².